The molecule has 0 saturated heterocycles. The monoisotopic (exact) mass is 596 g/mol. The van der Waals surface area contributed by atoms with Crippen LogP contribution in [0.5, 0.6) is 0 Å². The first-order valence-corrected chi connectivity index (χ1v) is 16.5. The third-order valence-corrected chi connectivity index (χ3v) is 8.39. The van der Waals surface area contributed by atoms with Crippen molar-refractivity contribution in [2.75, 3.05) is 13.2 Å². The molecule has 0 aromatic carbocycles. The van der Waals surface area contributed by atoms with Crippen LogP contribution < -0.4 is 0 Å². The number of hydrogen-bond acceptors (Lipinski definition) is 8. The minimum Gasteiger partial charge on any atom is -0.462 e. The molecule has 0 aromatic heterocycles. The van der Waals surface area contributed by atoms with Gasteiger partial charge in [-0.25, -0.2) is 0 Å². The Hall–Kier alpha value is -1.74. The third-order valence-electron chi connectivity index (χ3n) is 8.39. The molecule has 4 N–H and O–H groups in total. The van der Waals surface area contributed by atoms with Gasteiger partial charge in [-0.2, -0.15) is 0 Å². The van der Waals surface area contributed by atoms with Gasteiger partial charge in [0.1, 0.15) is 6.61 Å². The van der Waals surface area contributed by atoms with E-state index in [4.69, 9.17) is 9.47 Å². The molecule has 7 atom stereocenters. The minimum absolute atomic E-state index is 0.0240. The summed E-state index contributed by atoms with van der Waals surface area (Å²) in [6.07, 6.45) is 18.0. The number of aliphatic hydroxyl groups excluding tert-OH is 4. The molecule has 0 bridgehead atoms. The second-order valence-electron chi connectivity index (χ2n) is 12.1. The molecule has 0 radical (unpaired) electrons. The van der Waals surface area contributed by atoms with Crippen molar-refractivity contribution in [1.82, 2.24) is 0 Å². The predicted molar refractivity (Wildman–Crippen MR) is 166 cm³/mol. The summed E-state index contributed by atoms with van der Waals surface area (Å²) >= 11 is 0. The van der Waals surface area contributed by atoms with Gasteiger partial charge in [0.2, 0.25) is 0 Å². The molecule has 0 spiro atoms. The fourth-order valence-corrected chi connectivity index (χ4v) is 5.39. The van der Waals surface area contributed by atoms with E-state index in [2.05, 4.69) is 20.8 Å². The zero-order chi connectivity index (χ0) is 31.2. The van der Waals surface area contributed by atoms with E-state index < -0.39 is 37.0 Å². The van der Waals surface area contributed by atoms with E-state index in [-0.39, 0.29) is 37.3 Å². The summed E-state index contributed by atoms with van der Waals surface area (Å²) in [5.74, 6) is -0.590. The van der Waals surface area contributed by atoms with Gasteiger partial charge in [-0.15, -0.1) is 0 Å². The largest absolute Gasteiger partial charge is 0.462 e. The molecule has 8 heteroatoms. The average Bonchev–Trinajstić information content (AvgIpc) is 3.24. The Bertz CT molecular complexity index is 767. The lowest BCUT2D eigenvalue weighted by Gasteiger charge is -2.19. The van der Waals surface area contributed by atoms with Crippen LogP contribution in [-0.2, 0) is 19.1 Å². The Morgan fingerprint density at radius 1 is 0.905 bits per heavy atom. The van der Waals surface area contributed by atoms with Crippen molar-refractivity contribution in [1.29, 1.82) is 0 Å². The highest BCUT2D eigenvalue weighted by Gasteiger charge is 2.39. The van der Waals surface area contributed by atoms with Gasteiger partial charge in [-0.3, -0.25) is 9.59 Å². The lowest BCUT2D eigenvalue weighted by atomic mass is 9.89. The van der Waals surface area contributed by atoms with E-state index in [0.29, 0.717) is 19.3 Å². The van der Waals surface area contributed by atoms with Crippen molar-refractivity contribution >= 4 is 11.9 Å². The Kier molecular flexibility index (Phi) is 21.6. The van der Waals surface area contributed by atoms with Crippen molar-refractivity contribution in [2.45, 2.75) is 148 Å². The van der Waals surface area contributed by atoms with E-state index >= 15 is 0 Å². The van der Waals surface area contributed by atoms with Crippen molar-refractivity contribution in [3.8, 4) is 0 Å². The number of esters is 2. The molecule has 1 saturated carbocycles. The molecule has 0 heterocycles. The highest BCUT2D eigenvalue weighted by atomic mass is 16.6. The van der Waals surface area contributed by atoms with Gasteiger partial charge in [-0.1, -0.05) is 109 Å². The zero-order valence-electron chi connectivity index (χ0n) is 26.5. The first-order chi connectivity index (χ1) is 20.2. The van der Waals surface area contributed by atoms with Gasteiger partial charge in [0.25, 0.3) is 0 Å². The van der Waals surface area contributed by atoms with Crippen LogP contribution >= 0.6 is 0 Å². The fraction of sp³-hybridized carbons (Fsp3) is 0.824. The lowest BCUT2D eigenvalue weighted by molar-refractivity contribution is -0.160. The SMILES string of the molecule is CCCCC[C@@H](O)/C=C/[C@@H]1[C@H](C/C=C\CC(=O)O[C@@H](CO)COC(=O)CCCCCCCCC(C)CC)[C@@H](O)C[C@H]1O. The van der Waals surface area contributed by atoms with E-state index in [1.54, 1.807) is 18.2 Å². The zero-order valence-corrected chi connectivity index (χ0v) is 26.5. The molecule has 1 aliphatic carbocycles. The Morgan fingerprint density at radius 3 is 2.29 bits per heavy atom. The average molecular weight is 597 g/mol. The molecule has 1 rings (SSSR count). The quantitative estimate of drug-likeness (QED) is 0.0625. The van der Waals surface area contributed by atoms with Crippen LogP contribution in [0.3, 0.4) is 0 Å². The van der Waals surface area contributed by atoms with E-state index in [1.807, 2.05) is 6.08 Å². The van der Waals surface area contributed by atoms with Crippen LogP contribution in [0.2, 0.25) is 0 Å². The van der Waals surface area contributed by atoms with Gasteiger partial charge < -0.3 is 29.9 Å². The predicted octanol–water partition coefficient (Wildman–Crippen LogP) is 5.79. The van der Waals surface area contributed by atoms with Crippen LogP contribution in [0, 0.1) is 17.8 Å². The van der Waals surface area contributed by atoms with Gasteiger partial charge >= 0.3 is 11.9 Å². The fourth-order valence-electron chi connectivity index (χ4n) is 5.39. The number of carbonyl (C=O) groups is 2. The summed E-state index contributed by atoms with van der Waals surface area (Å²) in [4.78, 5) is 24.3. The van der Waals surface area contributed by atoms with Crippen LogP contribution in [0.4, 0.5) is 0 Å². The van der Waals surface area contributed by atoms with Gasteiger partial charge in [0.05, 0.1) is 31.3 Å². The third kappa shape index (κ3) is 17.4. The highest BCUT2D eigenvalue weighted by molar-refractivity contribution is 5.71. The molecule has 1 fully saturated rings. The summed E-state index contributed by atoms with van der Waals surface area (Å²) in [5.41, 5.74) is 0. The second-order valence-corrected chi connectivity index (χ2v) is 12.1. The smallest absolute Gasteiger partial charge is 0.310 e. The Labute approximate surface area is 254 Å². The summed E-state index contributed by atoms with van der Waals surface area (Å²) in [6, 6.07) is 0. The normalized spacial score (nSPS) is 22.9. The second kappa shape index (κ2) is 23.7. The number of rotatable bonds is 24. The maximum Gasteiger partial charge on any atom is 0.310 e. The summed E-state index contributed by atoms with van der Waals surface area (Å²) in [7, 11) is 0. The lowest BCUT2D eigenvalue weighted by Crippen LogP contribution is -2.28. The summed E-state index contributed by atoms with van der Waals surface area (Å²) in [5, 5.41) is 40.5. The van der Waals surface area contributed by atoms with Crippen molar-refractivity contribution in [3.63, 3.8) is 0 Å². The topological polar surface area (TPSA) is 134 Å². The molecule has 0 aromatic rings. The Balaban J connectivity index is 2.29. The van der Waals surface area contributed by atoms with Crippen LogP contribution in [-0.4, -0.2) is 70.0 Å². The van der Waals surface area contributed by atoms with Crippen molar-refractivity contribution in [3.05, 3.63) is 24.3 Å². The number of carbonyl (C=O) groups excluding carboxylic acids is 2. The highest BCUT2D eigenvalue weighted by Crippen LogP contribution is 2.36. The molecular formula is C34H60O8. The molecule has 0 aliphatic heterocycles. The van der Waals surface area contributed by atoms with E-state index in [1.165, 1.54) is 32.1 Å². The van der Waals surface area contributed by atoms with E-state index in [9.17, 15) is 30.0 Å². The van der Waals surface area contributed by atoms with Crippen LogP contribution in [0.25, 0.3) is 0 Å². The summed E-state index contributed by atoms with van der Waals surface area (Å²) in [6.45, 7) is 6.01. The van der Waals surface area contributed by atoms with Crippen LogP contribution in [0.15, 0.2) is 24.3 Å². The number of hydrogen-bond donors (Lipinski definition) is 4. The molecule has 244 valence electrons. The first kappa shape index (κ1) is 38.3. The van der Waals surface area contributed by atoms with Crippen molar-refractivity contribution in [2.24, 2.45) is 17.8 Å². The van der Waals surface area contributed by atoms with Gasteiger partial charge in [0, 0.05) is 18.8 Å². The standard InChI is InChI=1S/C34H60O8/c1-4-6-11-17-27(36)21-22-30-29(31(37)23-32(30)38)18-14-15-20-34(40)42-28(24-35)25-41-33(39)19-13-10-8-7-9-12-16-26(3)5-2/h14-15,21-22,26-32,35-38H,4-13,16-20,23-25H2,1-3H3/b15-14-,22-21+/t26?,27-,28+,29+,30-,31+,32-/m1/s1. The first-order valence-electron chi connectivity index (χ1n) is 16.5. The molecule has 0 amide bonds. The number of ether oxygens (including phenoxy) is 2. The molecule has 42 heavy (non-hydrogen) atoms. The van der Waals surface area contributed by atoms with Crippen molar-refractivity contribution < 1.29 is 39.5 Å². The molecule has 1 unspecified atom stereocenters. The Morgan fingerprint density at radius 2 is 1.60 bits per heavy atom. The molecule has 1 aliphatic rings. The maximum atomic E-state index is 12.2. The van der Waals surface area contributed by atoms with Gasteiger partial charge in [-0.05, 0) is 31.1 Å². The molecule has 8 nitrogen and oxygen atoms in total. The number of unbranched alkanes of at least 4 members (excludes halogenated alkanes) is 7. The van der Waals surface area contributed by atoms with Crippen LogP contribution in [0.1, 0.15) is 124 Å². The number of allylic oxidation sites excluding steroid dienone is 1. The van der Waals surface area contributed by atoms with Gasteiger partial charge in [0.15, 0.2) is 6.10 Å². The number of aliphatic hydroxyl groups is 4. The maximum absolute atomic E-state index is 12.2. The molecular weight excluding hydrogens is 536 g/mol. The summed E-state index contributed by atoms with van der Waals surface area (Å²) < 4.78 is 10.4. The minimum atomic E-state index is -0.912. The van der Waals surface area contributed by atoms with E-state index in [0.717, 1.165) is 44.4 Å².